The van der Waals surface area contributed by atoms with Crippen LogP contribution in [0.2, 0.25) is 0 Å². The SMILES string of the molecule is CC1C=C(c2c(F)cccc2F)c2cc(C(=O)N=C(N)N)ccc2O1. The molecule has 1 aliphatic rings. The van der Waals surface area contributed by atoms with Crippen LogP contribution in [0.4, 0.5) is 8.78 Å². The first-order chi connectivity index (χ1) is 11.9. The molecule has 25 heavy (non-hydrogen) atoms. The highest BCUT2D eigenvalue weighted by Crippen LogP contribution is 2.38. The Kier molecular flexibility index (Phi) is 4.22. The van der Waals surface area contributed by atoms with Crippen molar-refractivity contribution in [1.29, 1.82) is 0 Å². The normalized spacial score (nSPS) is 15.6. The molecule has 1 amide bonds. The van der Waals surface area contributed by atoms with Crippen LogP contribution in [-0.4, -0.2) is 18.0 Å². The molecule has 7 heteroatoms. The van der Waals surface area contributed by atoms with E-state index < -0.39 is 17.5 Å². The fourth-order valence-electron chi connectivity index (χ4n) is 2.69. The van der Waals surface area contributed by atoms with E-state index in [-0.39, 0.29) is 23.2 Å². The molecule has 0 radical (unpaired) electrons. The average molecular weight is 343 g/mol. The van der Waals surface area contributed by atoms with Gasteiger partial charge in [-0.2, -0.15) is 4.99 Å². The van der Waals surface area contributed by atoms with Crippen molar-refractivity contribution in [1.82, 2.24) is 0 Å². The third-order valence-electron chi connectivity index (χ3n) is 3.69. The molecule has 5 nitrogen and oxygen atoms in total. The first-order valence-electron chi connectivity index (χ1n) is 7.48. The second-order valence-corrected chi connectivity index (χ2v) is 5.55. The number of aliphatic imine (C=N–C) groups is 1. The number of fused-ring (bicyclic) bond motifs is 1. The molecule has 2 aromatic carbocycles. The first-order valence-corrected chi connectivity index (χ1v) is 7.48. The molecule has 4 N–H and O–H groups in total. The van der Waals surface area contributed by atoms with Gasteiger partial charge in [0.1, 0.15) is 23.5 Å². The van der Waals surface area contributed by atoms with Crippen LogP contribution < -0.4 is 16.2 Å². The predicted octanol–water partition coefficient (Wildman–Crippen LogP) is 2.59. The summed E-state index contributed by atoms with van der Waals surface area (Å²) in [6.07, 6.45) is 1.21. The summed E-state index contributed by atoms with van der Waals surface area (Å²) in [6, 6.07) is 8.12. The number of hydrogen-bond acceptors (Lipinski definition) is 2. The Labute approximate surface area is 142 Å². The molecule has 2 aromatic rings. The first kappa shape index (κ1) is 16.6. The summed E-state index contributed by atoms with van der Waals surface area (Å²) in [5.74, 6) is -2.02. The van der Waals surface area contributed by atoms with Crippen molar-refractivity contribution >= 4 is 17.4 Å². The van der Waals surface area contributed by atoms with Crippen molar-refractivity contribution in [3.8, 4) is 5.75 Å². The Morgan fingerprint density at radius 2 is 1.84 bits per heavy atom. The summed E-state index contributed by atoms with van der Waals surface area (Å²) in [7, 11) is 0. The van der Waals surface area contributed by atoms with Gasteiger partial charge in [-0.25, -0.2) is 8.78 Å². The van der Waals surface area contributed by atoms with Crippen LogP contribution in [-0.2, 0) is 0 Å². The summed E-state index contributed by atoms with van der Waals surface area (Å²) >= 11 is 0. The smallest absolute Gasteiger partial charge is 0.280 e. The highest BCUT2D eigenvalue weighted by Gasteiger charge is 2.25. The van der Waals surface area contributed by atoms with E-state index >= 15 is 0 Å². The third-order valence-corrected chi connectivity index (χ3v) is 3.69. The maximum atomic E-state index is 14.2. The van der Waals surface area contributed by atoms with Gasteiger partial charge in [0.2, 0.25) is 0 Å². The van der Waals surface area contributed by atoms with Gasteiger partial charge in [0, 0.05) is 11.1 Å². The number of nitrogens with two attached hydrogens (primary N) is 2. The van der Waals surface area contributed by atoms with Gasteiger partial charge < -0.3 is 16.2 Å². The lowest BCUT2D eigenvalue weighted by atomic mass is 9.92. The lowest BCUT2D eigenvalue weighted by Gasteiger charge is -2.24. The molecule has 3 rings (SSSR count). The minimum Gasteiger partial charge on any atom is -0.486 e. The summed E-state index contributed by atoms with van der Waals surface area (Å²) in [5.41, 5.74) is 11.1. The second-order valence-electron chi connectivity index (χ2n) is 5.55. The summed E-state index contributed by atoms with van der Waals surface area (Å²) in [6.45, 7) is 1.75. The van der Waals surface area contributed by atoms with Crippen molar-refractivity contribution in [2.45, 2.75) is 13.0 Å². The maximum absolute atomic E-state index is 14.2. The average Bonchev–Trinajstić information content (AvgIpc) is 2.53. The molecular formula is C18H15F2N3O2. The summed E-state index contributed by atoms with van der Waals surface area (Å²) < 4.78 is 34.1. The largest absolute Gasteiger partial charge is 0.486 e. The Hall–Kier alpha value is -3.22. The van der Waals surface area contributed by atoms with E-state index in [9.17, 15) is 13.6 Å². The van der Waals surface area contributed by atoms with Crippen molar-refractivity contribution in [3.63, 3.8) is 0 Å². The number of carbonyl (C=O) groups is 1. The molecule has 1 atom stereocenters. The van der Waals surface area contributed by atoms with Crippen molar-refractivity contribution < 1.29 is 18.3 Å². The molecule has 0 bridgehead atoms. The molecule has 1 heterocycles. The molecule has 0 saturated heterocycles. The molecule has 128 valence electrons. The van der Waals surface area contributed by atoms with Crippen LogP contribution in [0.15, 0.2) is 47.5 Å². The number of benzene rings is 2. The number of halogens is 2. The monoisotopic (exact) mass is 343 g/mol. The number of ether oxygens (including phenoxy) is 1. The van der Waals surface area contributed by atoms with Gasteiger partial charge in [-0.15, -0.1) is 0 Å². The minimum atomic E-state index is -0.702. The fourth-order valence-corrected chi connectivity index (χ4v) is 2.69. The molecule has 0 saturated carbocycles. The van der Waals surface area contributed by atoms with E-state index in [1.54, 1.807) is 19.1 Å². The predicted molar refractivity (Wildman–Crippen MR) is 90.1 cm³/mol. The van der Waals surface area contributed by atoms with Gasteiger partial charge in [-0.1, -0.05) is 6.07 Å². The van der Waals surface area contributed by atoms with Gasteiger partial charge in [-0.3, -0.25) is 4.79 Å². The molecule has 0 aromatic heterocycles. The van der Waals surface area contributed by atoms with Gasteiger partial charge in [-0.05, 0) is 48.9 Å². The zero-order valence-corrected chi connectivity index (χ0v) is 13.3. The third kappa shape index (κ3) is 3.21. The maximum Gasteiger partial charge on any atom is 0.280 e. The van der Waals surface area contributed by atoms with Crippen molar-refractivity contribution in [2.24, 2.45) is 16.5 Å². The van der Waals surface area contributed by atoms with E-state index in [1.807, 2.05) is 0 Å². The van der Waals surface area contributed by atoms with Crippen LogP contribution in [0, 0.1) is 11.6 Å². The highest BCUT2D eigenvalue weighted by molar-refractivity contribution is 6.03. The zero-order valence-electron chi connectivity index (χ0n) is 13.3. The quantitative estimate of drug-likeness (QED) is 0.648. The second kappa shape index (κ2) is 6.35. The topological polar surface area (TPSA) is 90.7 Å². The molecule has 0 aliphatic carbocycles. The molecule has 1 unspecified atom stereocenters. The standard InChI is InChI=1S/C18H15F2N3O2/c1-9-7-12(16-13(19)3-2-4-14(16)20)11-8-10(5-6-15(11)25-9)17(24)23-18(21)22/h2-9H,1H3,(H4,21,22,23,24). The van der Waals surface area contributed by atoms with Crippen LogP contribution >= 0.6 is 0 Å². The number of nitrogens with zero attached hydrogens (tertiary/aromatic N) is 1. The van der Waals surface area contributed by atoms with Crippen LogP contribution in [0.1, 0.15) is 28.4 Å². The van der Waals surface area contributed by atoms with E-state index in [4.69, 9.17) is 16.2 Å². The van der Waals surface area contributed by atoms with Crippen molar-refractivity contribution in [3.05, 3.63) is 70.8 Å². The van der Waals surface area contributed by atoms with Crippen molar-refractivity contribution in [2.75, 3.05) is 0 Å². The van der Waals surface area contributed by atoms with Crippen LogP contribution in [0.25, 0.3) is 5.57 Å². The Morgan fingerprint density at radius 1 is 1.16 bits per heavy atom. The number of hydrogen-bond donors (Lipinski definition) is 2. The zero-order chi connectivity index (χ0) is 18.1. The Balaban J connectivity index is 2.17. The van der Waals surface area contributed by atoms with Gasteiger partial charge in [0.25, 0.3) is 5.91 Å². The highest BCUT2D eigenvalue weighted by atomic mass is 19.1. The molecule has 1 aliphatic heterocycles. The minimum absolute atomic E-state index is 0.174. The van der Waals surface area contributed by atoms with E-state index in [2.05, 4.69) is 4.99 Å². The van der Waals surface area contributed by atoms with Gasteiger partial charge >= 0.3 is 0 Å². The van der Waals surface area contributed by atoms with E-state index in [0.717, 1.165) is 0 Å². The van der Waals surface area contributed by atoms with Gasteiger partial charge in [0.05, 0.1) is 5.56 Å². The lowest BCUT2D eigenvalue weighted by molar-refractivity contribution is 0.100. The Bertz CT molecular complexity index is 898. The van der Waals surface area contributed by atoms with Gasteiger partial charge in [0.15, 0.2) is 5.96 Å². The Morgan fingerprint density at radius 3 is 2.48 bits per heavy atom. The molecule has 0 spiro atoms. The fraction of sp³-hybridized carbons (Fsp3) is 0.111. The number of guanidine groups is 1. The number of amides is 1. The van der Waals surface area contributed by atoms with Crippen LogP contribution in [0.5, 0.6) is 5.75 Å². The summed E-state index contributed by atoms with van der Waals surface area (Å²) in [5, 5.41) is 0. The van der Waals surface area contributed by atoms with E-state index in [0.29, 0.717) is 16.9 Å². The van der Waals surface area contributed by atoms with Crippen LogP contribution in [0.3, 0.4) is 0 Å². The van der Waals surface area contributed by atoms with E-state index in [1.165, 1.54) is 30.3 Å². The number of carbonyl (C=O) groups excluding carboxylic acids is 1. The molecule has 0 fully saturated rings. The number of rotatable bonds is 2. The molecular weight excluding hydrogens is 328 g/mol. The summed E-state index contributed by atoms with van der Waals surface area (Å²) in [4.78, 5) is 15.5. The lowest BCUT2D eigenvalue weighted by Crippen LogP contribution is -2.24.